The molecule has 1 aliphatic heterocycles. The second kappa shape index (κ2) is 5.87. The van der Waals surface area contributed by atoms with E-state index >= 15 is 0 Å². The Morgan fingerprint density at radius 2 is 2.18 bits per heavy atom. The number of nitrogens with one attached hydrogen (secondary N) is 1. The van der Waals surface area contributed by atoms with Crippen molar-refractivity contribution in [2.45, 2.75) is 12.8 Å². The molecule has 1 heterocycles. The number of ether oxygens (including phenoxy) is 2. The maximum Gasteiger partial charge on any atom is 0.167 e. The Morgan fingerprint density at radius 3 is 2.82 bits per heavy atom. The summed E-state index contributed by atoms with van der Waals surface area (Å²) in [6.07, 6.45) is 2.15. The second-order valence-corrected chi connectivity index (χ2v) is 4.29. The molecule has 94 valence electrons. The average Bonchev–Trinajstić information content (AvgIpc) is 2.38. The summed E-state index contributed by atoms with van der Waals surface area (Å²) in [6.45, 7) is 2.54. The van der Waals surface area contributed by atoms with Gasteiger partial charge in [0.1, 0.15) is 0 Å². The molecule has 4 heteroatoms. The van der Waals surface area contributed by atoms with Crippen molar-refractivity contribution in [2.75, 3.05) is 32.2 Å². The lowest BCUT2D eigenvalue weighted by Crippen LogP contribution is -2.22. The fourth-order valence-electron chi connectivity index (χ4n) is 1.99. The van der Waals surface area contributed by atoms with Crippen molar-refractivity contribution in [1.29, 1.82) is 0 Å². The summed E-state index contributed by atoms with van der Waals surface area (Å²) in [6, 6.07) is 4.95. The number of halogens is 1. The van der Waals surface area contributed by atoms with Crippen LogP contribution in [0.15, 0.2) is 18.2 Å². The van der Waals surface area contributed by atoms with Gasteiger partial charge < -0.3 is 14.8 Å². The molecule has 1 saturated heterocycles. The van der Waals surface area contributed by atoms with E-state index in [1.54, 1.807) is 6.07 Å². The van der Waals surface area contributed by atoms with Gasteiger partial charge in [0.15, 0.2) is 11.6 Å². The van der Waals surface area contributed by atoms with Crippen molar-refractivity contribution in [3.05, 3.63) is 24.0 Å². The van der Waals surface area contributed by atoms with Crippen LogP contribution >= 0.6 is 0 Å². The molecule has 0 unspecified atom stereocenters. The summed E-state index contributed by atoms with van der Waals surface area (Å²) in [5, 5.41) is 3.26. The predicted octanol–water partition coefficient (Wildman–Crippen LogP) is 2.67. The Morgan fingerprint density at radius 1 is 1.41 bits per heavy atom. The lowest BCUT2D eigenvalue weighted by Gasteiger charge is -2.22. The van der Waals surface area contributed by atoms with E-state index in [2.05, 4.69) is 5.32 Å². The zero-order chi connectivity index (χ0) is 12.1. The monoisotopic (exact) mass is 239 g/mol. The van der Waals surface area contributed by atoms with E-state index in [-0.39, 0.29) is 11.6 Å². The molecule has 1 aromatic carbocycles. The van der Waals surface area contributed by atoms with Crippen LogP contribution in [0.5, 0.6) is 5.75 Å². The molecule has 3 nitrogen and oxygen atoms in total. The zero-order valence-corrected chi connectivity index (χ0v) is 10.0. The van der Waals surface area contributed by atoms with Crippen molar-refractivity contribution in [3.8, 4) is 5.75 Å². The SMILES string of the molecule is COc1ccc(NCC2CCOCC2)cc1F. The largest absolute Gasteiger partial charge is 0.494 e. The minimum absolute atomic E-state index is 0.279. The molecule has 1 aliphatic rings. The van der Waals surface area contributed by atoms with E-state index in [1.807, 2.05) is 6.07 Å². The number of hydrogen-bond donors (Lipinski definition) is 1. The van der Waals surface area contributed by atoms with Gasteiger partial charge in [-0.1, -0.05) is 0 Å². The first-order valence-corrected chi connectivity index (χ1v) is 5.95. The average molecular weight is 239 g/mol. The van der Waals surface area contributed by atoms with E-state index < -0.39 is 0 Å². The van der Waals surface area contributed by atoms with Gasteiger partial charge in [0.2, 0.25) is 0 Å². The number of rotatable bonds is 4. The summed E-state index contributed by atoms with van der Waals surface area (Å²) in [5.41, 5.74) is 0.801. The Balaban J connectivity index is 1.87. The molecule has 0 amide bonds. The minimum atomic E-state index is -0.329. The van der Waals surface area contributed by atoms with Crippen LogP contribution < -0.4 is 10.1 Å². The topological polar surface area (TPSA) is 30.5 Å². The number of methoxy groups -OCH3 is 1. The summed E-state index contributed by atoms with van der Waals surface area (Å²) >= 11 is 0. The fourth-order valence-corrected chi connectivity index (χ4v) is 1.99. The van der Waals surface area contributed by atoms with Crippen LogP contribution in [-0.2, 0) is 4.74 Å². The molecule has 1 aromatic rings. The smallest absolute Gasteiger partial charge is 0.167 e. The highest BCUT2D eigenvalue weighted by Gasteiger charge is 2.13. The molecule has 2 rings (SSSR count). The Hall–Kier alpha value is -1.29. The standard InChI is InChI=1S/C13H18FNO2/c1-16-13-3-2-11(8-12(13)14)15-9-10-4-6-17-7-5-10/h2-3,8,10,15H,4-7,9H2,1H3. The molecule has 17 heavy (non-hydrogen) atoms. The van der Waals surface area contributed by atoms with E-state index in [9.17, 15) is 4.39 Å². The van der Waals surface area contributed by atoms with Crippen molar-refractivity contribution in [3.63, 3.8) is 0 Å². The van der Waals surface area contributed by atoms with Crippen LogP contribution in [0.2, 0.25) is 0 Å². The van der Waals surface area contributed by atoms with E-state index in [4.69, 9.17) is 9.47 Å². The van der Waals surface area contributed by atoms with Crippen LogP contribution in [0.25, 0.3) is 0 Å². The van der Waals surface area contributed by atoms with E-state index in [0.29, 0.717) is 5.92 Å². The molecule has 0 bridgehead atoms. The predicted molar refractivity (Wildman–Crippen MR) is 65.0 cm³/mol. The van der Waals surface area contributed by atoms with Crippen LogP contribution in [-0.4, -0.2) is 26.9 Å². The molecular weight excluding hydrogens is 221 g/mol. The van der Waals surface area contributed by atoms with E-state index in [1.165, 1.54) is 13.2 Å². The van der Waals surface area contributed by atoms with Crippen molar-refractivity contribution >= 4 is 5.69 Å². The molecule has 0 aromatic heterocycles. The van der Waals surface area contributed by atoms with Gasteiger partial charge in [-0.25, -0.2) is 4.39 Å². The lowest BCUT2D eigenvalue weighted by atomic mass is 10.0. The first-order valence-electron chi connectivity index (χ1n) is 5.95. The highest BCUT2D eigenvalue weighted by molar-refractivity contribution is 5.47. The number of anilines is 1. The summed E-state index contributed by atoms with van der Waals surface area (Å²) in [5.74, 6) is 0.569. The van der Waals surface area contributed by atoms with Crippen molar-refractivity contribution in [2.24, 2.45) is 5.92 Å². The quantitative estimate of drug-likeness (QED) is 0.876. The molecule has 0 radical (unpaired) electrons. The third-order valence-electron chi connectivity index (χ3n) is 3.09. The molecule has 1 fully saturated rings. The van der Waals surface area contributed by atoms with E-state index in [0.717, 1.165) is 38.3 Å². The van der Waals surface area contributed by atoms with Gasteiger partial charge in [-0.15, -0.1) is 0 Å². The van der Waals surface area contributed by atoms with Crippen molar-refractivity contribution < 1.29 is 13.9 Å². The van der Waals surface area contributed by atoms with Gasteiger partial charge in [0, 0.05) is 31.5 Å². The number of benzene rings is 1. The maximum atomic E-state index is 13.4. The first-order chi connectivity index (χ1) is 8.29. The molecule has 0 saturated carbocycles. The van der Waals surface area contributed by atoms with Gasteiger partial charge in [-0.2, -0.15) is 0 Å². The molecular formula is C13H18FNO2. The van der Waals surface area contributed by atoms with Gasteiger partial charge in [-0.3, -0.25) is 0 Å². The Labute approximate surface area is 101 Å². The molecule has 1 N–H and O–H groups in total. The Bertz CT molecular complexity index is 364. The molecule has 0 spiro atoms. The van der Waals surface area contributed by atoms with Crippen molar-refractivity contribution in [1.82, 2.24) is 0 Å². The highest BCUT2D eigenvalue weighted by Crippen LogP contribution is 2.22. The minimum Gasteiger partial charge on any atom is -0.494 e. The normalized spacial score (nSPS) is 16.8. The zero-order valence-electron chi connectivity index (χ0n) is 10.0. The first kappa shape index (κ1) is 12.2. The van der Waals surface area contributed by atoms with Gasteiger partial charge in [-0.05, 0) is 30.9 Å². The number of hydrogen-bond acceptors (Lipinski definition) is 3. The lowest BCUT2D eigenvalue weighted by molar-refractivity contribution is 0.0699. The molecule has 0 aliphatic carbocycles. The van der Waals surface area contributed by atoms with Crippen LogP contribution in [0.1, 0.15) is 12.8 Å². The molecule has 0 atom stereocenters. The summed E-state index contributed by atoms with van der Waals surface area (Å²) in [4.78, 5) is 0. The maximum absolute atomic E-state index is 13.4. The van der Waals surface area contributed by atoms with Crippen LogP contribution in [0, 0.1) is 11.7 Å². The summed E-state index contributed by atoms with van der Waals surface area (Å²) < 4.78 is 23.6. The fraction of sp³-hybridized carbons (Fsp3) is 0.538. The van der Waals surface area contributed by atoms with Crippen LogP contribution in [0.3, 0.4) is 0 Å². The second-order valence-electron chi connectivity index (χ2n) is 4.29. The summed E-state index contributed by atoms with van der Waals surface area (Å²) in [7, 11) is 1.47. The van der Waals surface area contributed by atoms with Gasteiger partial charge in [0.05, 0.1) is 7.11 Å². The van der Waals surface area contributed by atoms with Gasteiger partial charge in [0.25, 0.3) is 0 Å². The highest BCUT2D eigenvalue weighted by atomic mass is 19.1. The third-order valence-corrected chi connectivity index (χ3v) is 3.09. The van der Waals surface area contributed by atoms with Gasteiger partial charge >= 0.3 is 0 Å². The third kappa shape index (κ3) is 3.33. The Kier molecular flexibility index (Phi) is 4.20. The van der Waals surface area contributed by atoms with Crippen LogP contribution in [0.4, 0.5) is 10.1 Å².